The van der Waals surface area contributed by atoms with Gasteiger partial charge in [-0.3, -0.25) is 0 Å². The van der Waals surface area contributed by atoms with Gasteiger partial charge in [0.1, 0.15) is 11.8 Å². The van der Waals surface area contributed by atoms with Gasteiger partial charge in [0, 0.05) is 24.1 Å². The molecular weight excluding hydrogens is 252 g/mol. The molecule has 102 valence electrons. The van der Waals surface area contributed by atoms with Gasteiger partial charge in [-0.05, 0) is 18.1 Å². The summed E-state index contributed by atoms with van der Waals surface area (Å²) in [6.07, 6.45) is 3.04. The summed E-state index contributed by atoms with van der Waals surface area (Å²) in [5, 5.41) is 12.1. The van der Waals surface area contributed by atoms with Crippen molar-refractivity contribution in [1.29, 1.82) is 5.26 Å². The SMILES string of the molecule is CC(C)COc1cccc(Nc2nccnc2C#N)c1. The lowest BCUT2D eigenvalue weighted by atomic mass is 10.2. The Morgan fingerprint density at radius 2 is 2.10 bits per heavy atom. The van der Waals surface area contributed by atoms with E-state index in [0.29, 0.717) is 18.3 Å². The van der Waals surface area contributed by atoms with Gasteiger partial charge in [0.2, 0.25) is 0 Å². The molecule has 0 radical (unpaired) electrons. The first-order valence-electron chi connectivity index (χ1n) is 6.40. The van der Waals surface area contributed by atoms with E-state index in [-0.39, 0.29) is 5.69 Å². The van der Waals surface area contributed by atoms with E-state index in [4.69, 9.17) is 10.00 Å². The highest BCUT2D eigenvalue weighted by atomic mass is 16.5. The van der Waals surface area contributed by atoms with Crippen molar-refractivity contribution in [2.75, 3.05) is 11.9 Å². The molecule has 1 aromatic heterocycles. The van der Waals surface area contributed by atoms with Crippen LogP contribution in [-0.2, 0) is 0 Å². The second-order valence-corrected chi connectivity index (χ2v) is 4.72. The average Bonchev–Trinajstić information content (AvgIpc) is 2.46. The minimum absolute atomic E-state index is 0.265. The fourth-order valence-electron chi connectivity index (χ4n) is 1.57. The Labute approximate surface area is 118 Å². The number of aromatic nitrogens is 2. The van der Waals surface area contributed by atoms with Gasteiger partial charge in [0.15, 0.2) is 11.5 Å². The predicted molar refractivity (Wildman–Crippen MR) is 76.8 cm³/mol. The average molecular weight is 268 g/mol. The summed E-state index contributed by atoms with van der Waals surface area (Å²) >= 11 is 0. The van der Waals surface area contributed by atoms with Gasteiger partial charge in [-0.25, -0.2) is 9.97 Å². The van der Waals surface area contributed by atoms with E-state index < -0.39 is 0 Å². The molecule has 0 atom stereocenters. The lowest BCUT2D eigenvalue weighted by molar-refractivity contribution is 0.271. The summed E-state index contributed by atoms with van der Waals surface area (Å²) in [6, 6.07) is 9.55. The molecule has 5 heteroatoms. The molecule has 0 fully saturated rings. The van der Waals surface area contributed by atoms with Crippen molar-refractivity contribution in [1.82, 2.24) is 9.97 Å². The van der Waals surface area contributed by atoms with Crippen molar-refractivity contribution in [2.24, 2.45) is 5.92 Å². The number of nitrogens with zero attached hydrogens (tertiary/aromatic N) is 3. The highest BCUT2D eigenvalue weighted by molar-refractivity contribution is 5.61. The van der Waals surface area contributed by atoms with E-state index in [1.165, 1.54) is 6.20 Å². The lowest BCUT2D eigenvalue weighted by Crippen LogP contribution is -2.04. The van der Waals surface area contributed by atoms with Crippen molar-refractivity contribution in [3.8, 4) is 11.8 Å². The zero-order valence-corrected chi connectivity index (χ0v) is 11.5. The van der Waals surface area contributed by atoms with Gasteiger partial charge in [0.05, 0.1) is 6.61 Å². The highest BCUT2D eigenvalue weighted by Crippen LogP contribution is 2.21. The second kappa shape index (κ2) is 6.53. The molecule has 0 saturated heterocycles. The van der Waals surface area contributed by atoms with Crippen LogP contribution in [-0.4, -0.2) is 16.6 Å². The molecule has 0 aliphatic carbocycles. The van der Waals surface area contributed by atoms with E-state index in [9.17, 15) is 0 Å². The predicted octanol–water partition coefficient (Wildman–Crippen LogP) is 3.13. The Morgan fingerprint density at radius 1 is 1.30 bits per heavy atom. The summed E-state index contributed by atoms with van der Waals surface area (Å²) in [7, 11) is 0. The maximum atomic E-state index is 8.98. The van der Waals surface area contributed by atoms with Crippen molar-refractivity contribution >= 4 is 11.5 Å². The number of nitrogens with one attached hydrogen (secondary N) is 1. The number of nitriles is 1. The Bertz CT molecular complexity index is 619. The fourth-order valence-corrected chi connectivity index (χ4v) is 1.57. The number of hydrogen-bond donors (Lipinski definition) is 1. The molecule has 0 aliphatic heterocycles. The topological polar surface area (TPSA) is 70.8 Å². The normalized spacial score (nSPS) is 10.1. The zero-order chi connectivity index (χ0) is 14.4. The third-order valence-electron chi connectivity index (χ3n) is 2.48. The van der Waals surface area contributed by atoms with Crippen molar-refractivity contribution in [3.05, 3.63) is 42.4 Å². The Hall–Kier alpha value is -2.61. The van der Waals surface area contributed by atoms with Crippen LogP contribution in [0, 0.1) is 17.2 Å². The third-order valence-corrected chi connectivity index (χ3v) is 2.48. The highest BCUT2D eigenvalue weighted by Gasteiger charge is 2.05. The van der Waals surface area contributed by atoms with Crippen LogP contribution in [0.2, 0.25) is 0 Å². The maximum Gasteiger partial charge on any atom is 0.183 e. The van der Waals surface area contributed by atoms with Gasteiger partial charge in [-0.15, -0.1) is 0 Å². The third kappa shape index (κ3) is 3.69. The number of hydrogen-bond acceptors (Lipinski definition) is 5. The van der Waals surface area contributed by atoms with E-state index >= 15 is 0 Å². The molecule has 2 rings (SSSR count). The summed E-state index contributed by atoms with van der Waals surface area (Å²) in [4.78, 5) is 8.07. The molecule has 0 bridgehead atoms. The lowest BCUT2D eigenvalue weighted by Gasteiger charge is -2.11. The molecule has 1 heterocycles. The maximum absolute atomic E-state index is 8.98. The van der Waals surface area contributed by atoms with Crippen molar-refractivity contribution < 1.29 is 4.74 Å². The van der Waals surface area contributed by atoms with Crippen LogP contribution in [0.5, 0.6) is 5.75 Å². The summed E-state index contributed by atoms with van der Waals surface area (Å²) < 4.78 is 5.66. The number of benzene rings is 1. The van der Waals surface area contributed by atoms with Crippen LogP contribution in [0.4, 0.5) is 11.5 Å². The number of ether oxygens (including phenoxy) is 1. The van der Waals surface area contributed by atoms with E-state index in [0.717, 1.165) is 11.4 Å². The first-order chi connectivity index (χ1) is 9.69. The standard InChI is InChI=1S/C15H16N4O/c1-11(2)10-20-13-5-3-4-12(8-13)19-15-14(9-16)17-6-7-18-15/h3-8,11H,10H2,1-2H3,(H,18,19). The largest absolute Gasteiger partial charge is 0.493 e. The minimum atomic E-state index is 0.265. The Morgan fingerprint density at radius 3 is 2.85 bits per heavy atom. The van der Waals surface area contributed by atoms with Crippen molar-refractivity contribution in [3.63, 3.8) is 0 Å². The molecule has 0 spiro atoms. The molecule has 1 N–H and O–H groups in total. The molecule has 5 nitrogen and oxygen atoms in total. The monoisotopic (exact) mass is 268 g/mol. The number of rotatable bonds is 5. The van der Waals surface area contributed by atoms with Gasteiger partial charge in [-0.2, -0.15) is 5.26 Å². The van der Waals surface area contributed by atoms with Crippen LogP contribution < -0.4 is 10.1 Å². The molecule has 0 unspecified atom stereocenters. The molecule has 0 aliphatic rings. The smallest absolute Gasteiger partial charge is 0.183 e. The second-order valence-electron chi connectivity index (χ2n) is 4.72. The summed E-state index contributed by atoms with van der Waals surface area (Å²) in [6.45, 7) is 4.86. The Balaban J connectivity index is 2.14. The van der Waals surface area contributed by atoms with Gasteiger partial charge in [-0.1, -0.05) is 19.9 Å². The first kappa shape index (κ1) is 13.8. The fraction of sp³-hybridized carbons (Fsp3) is 0.267. The molecule has 2 aromatic rings. The van der Waals surface area contributed by atoms with Gasteiger partial charge < -0.3 is 10.1 Å². The first-order valence-corrected chi connectivity index (χ1v) is 6.40. The summed E-state index contributed by atoms with van der Waals surface area (Å²) in [5.74, 6) is 1.69. The summed E-state index contributed by atoms with van der Waals surface area (Å²) in [5.41, 5.74) is 1.07. The van der Waals surface area contributed by atoms with Crippen LogP contribution in [0.15, 0.2) is 36.7 Å². The number of anilines is 2. The quantitative estimate of drug-likeness (QED) is 0.902. The van der Waals surface area contributed by atoms with E-state index in [1.54, 1.807) is 6.20 Å². The molecule has 0 amide bonds. The van der Waals surface area contributed by atoms with Crippen LogP contribution in [0.1, 0.15) is 19.5 Å². The zero-order valence-electron chi connectivity index (χ0n) is 11.5. The van der Waals surface area contributed by atoms with Crippen LogP contribution in [0.3, 0.4) is 0 Å². The van der Waals surface area contributed by atoms with Gasteiger partial charge >= 0.3 is 0 Å². The minimum Gasteiger partial charge on any atom is -0.493 e. The van der Waals surface area contributed by atoms with Gasteiger partial charge in [0.25, 0.3) is 0 Å². The van der Waals surface area contributed by atoms with Crippen LogP contribution >= 0.6 is 0 Å². The van der Waals surface area contributed by atoms with E-state index in [2.05, 4.69) is 29.1 Å². The van der Waals surface area contributed by atoms with E-state index in [1.807, 2.05) is 30.3 Å². The molecule has 0 saturated carbocycles. The molecule has 1 aromatic carbocycles. The van der Waals surface area contributed by atoms with Crippen molar-refractivity contribution in [2.45, 2.75) is 13.8 Å². The van der Waals surface area contributed by atoms with Crippen LogP contribution in [0.25, 0.3) is 0 Å². The molecular formula is C15H16N4O. The Kier molecular flexibility index (Phi) is 4.51. The molecule has 20 heavy (non-hydrogen) atoms.